The summed E-state index contributed by atoms with van der Waals surface area (Å²) < 4.78 is 39.3. The van der Waals surface area contributed by atoms with Crippen molar-refractivity contribution in [2.45, 2.75) is 251 Å². The van der Waals surface area contributed by atoms with Crippen molar-refractivity contribution < 1.29 is 52.2 Å². The van der Waals surface area contributed by atoms with Crippen LogP contribution in [0.2, 0.25) is 0 Å². The number of carbonyl (C=O) groups is 3. The first-order valence-corrected chi connectivity index (χ1v) is 27.4. The van der Waals surface area contributed by atoms with Crippen molar-refractivity contribution in [1.82, 2.24) is 0 Å². The topological polar surface area (TPSA) is 155 Å². The molecule has 0 radical (unpaired) electrons. The minimum atomic E-state index is -4.74. The summed E-state index contributed by atoms with van der Waals surface area (Å²) >= 11 is 0. The van der Waals surface area contributed by atoms with E-state index in [0.29, 0.717) is 19.3 Å². The first-order chi connectivity index (χ1) is 31.2. The van der Waals surface area contributed by atoms with Gasteiger partial charge in [0, 0.05) is 19.3 Å². The molecule has 0 saturated heterocycles. The highest BCUT2D eigenvalue weighted by atomic mass is 31.2. The summed E-state index contributed by atoms with van der Waals surface area (Å²) in [5.74, 6) is -1.48. The molecule has 3 unspecified atom stereocenters. The summed E-state index contributed by atoms with van der Waals surface area (Å²) in [5.41, 5.74) is 0. The van der Waals surface area contributed by atoms with E-state index in [0.717, 1.165) is 109 Å². The quantitative estimate of drug-likeness (QED) is 0.0197. The third-order valence-electron chi connectivity index (χ3n) is 11.0. The zero-order chi connectivity index (χ0) is 47.0. The molecule has 0 aromatic rings. The minimum absolute atomic E-state index is 0.152. The normalized spacial score (nSPS) is 13.8. The largest absolute Gasteiger partial charge is 0.472 e. The van der Waals surface area contributed by atoms with Crippen LogP contribution >= 0.6 is 7.82 Å². The van der Waals surface area contributed by atoms with Gasteiger partial charge in [-0.15, -0.1) is 0 Å². The molecule has 0 aliphatic carbocycles. The molecule has 0 amide bonds. The number of rotatable bonds is 48. The van der Waals surface area contributed by atoms with E-state index in [2.05, 4.69) is 57.2 Å². The number of hydrogen-bond acceptors (Lipinski definition) is 10. The Morgan fingerprint density at radius 3 is 1.25 bits per heavy atom. The maximum absolute atomic E-state index is 12.8. The molecule has 2 N–H and O–H groups in total. The number of esters is 3. The maximum atomic E-state index is 12.8. The Labute approximate surface area is 390 Å². The number of hydrogen-bond donors (Lipinski definition) is 2. The van der Waals surface area contributed by atoms with Gasteiger partial charge in [-0.2, -0.15) is 0 Å². The second kappa shape index (κ2) is 47.2. The Hall–Kier alpha value is -2.30. The fourth-order valence-electron chi connectivity index (χ4n) is 7.04. The molecule has 0 rings (SSSR count). The van der Waals surface area contributed by atoms with Crippen LogP contribution in [0.1, 0.15) is 239 Å². The number of aliphatic hydroxyl groups excluding tert-OH is 1. The lowest BCUT2D eigenvalue weighted by Gasteiger charge is -2.21. The Balaban J connectivity index is 4.76. The summed E-state index contributed by atoms with van der Waals surface area (Å²) in [7, 11) is -4.74. The fourth-order valence-corrected chi connectivity index (χ4v) is 7.82. The second-order valence-electron chi connectivity index (χ2n) is 17.3. The van der Waals surface area contributed by atoms with E-state index in [1.807, 2.05) is 0 Å². The van der Waals surface area contributed by atoms with Gasteiger partial charge in [-0.25, -0.2) is 4.57 Å². The molecule has 0 fully saturated rings. The predicted octanol–water partition coefficient (Wildman–Crippen LogP) is 14.5. The molecule has 12 heteroatoms. The summed E-state index contributed by atoms with van der Waals surface area (Å²) in [6.45, 7) is 4.53. The number of carbonyl (C=O) groups excluding carboxylic acids is 3. The van der Waals surface area contributed by atoms with Crippen molar-refractivity contribution in [2.75, 3.05) is 26.4 Å². The summed E-state index contributed by atoms with van der Waals surface area (Å²) in [6.07, 6.45) is 45.4. The number of aliphatic hydroxyl groups is 1. The van der Waals surface area contributed by atoms with Gasteiger partial charge in [0.15, 0.2) is 6.10 Å². The molecular weight excluding hydrogens is 832 g/mol. The zero-order valence-corrected chi connectivity index (χ0v) is 41.9. The van der Waals surface area contributed by atoms with Gasteiger partial charge in [-0.1, -0.05) is 186 Å². The molecule has 0 aromatic heterocycles. The van der Waals surface area contributed by atoms with Gasteiger partial charge in [0.2, 0.25) is 0 Å². The Morgan fingerprint density at radius 2 is 0.797 bits per heavy atom. The smallest absolute Gasteiger partial charge is 0.462 e. The van der Waals surface area contributed by atoms with E-state index in [-0.39, 0.29) is 25.9 Å². The summed E-state index contributed by atoms with van der Waals surface area (Å²) in [6, 6.07) is 0. The van der Waals surface area contributed by atoms with Crippen molar-refractivity contribution in [3.8, 4) is 0 Å². The van der Waals surface area contributed by atoms with Crippen LogP contribution < -0.4 is 0 Å². The van der Waals surface area contributed by atoms with Crippen LogP contribution in [-0.4, -0.2) is 66.5 Å². The molecule has 0 aliphatic heterocycles. The summed E-state index contributed by atoms with van der Waals surface area (Å²) in [5, 5.41) is 9.75. The van der Waals surface area contributed by atoms with Crippen LogP contribution in [0.4, 0.5) is 0 Å². The zero-order valence-electron chi connectivity index (χ0n) is 41.0. The van der Waals surface area contributed by atoms with E-state index in [4.69, 9.17) is 23.3 Å². The second-order valence-corrected chi connectivity index (χ2v) is 18.8. The van der Waals surface area contributed by atoms with Crippen molar-refractivity contribution in [3.05, 3.63) is 36.5 Å². The third-order valence-corrected chi connectivity index (χ3v) is 12.0. The fraction of sp³-hybridized carbons (Fsp3) is 0.827. The molecule has 64 heavy (non-hydrogen) atoms. The van der Waals surface area contributed by atoms with Gasteiger partial charge in [0.25, 0.3) is 0 Å². The molecule has 3 atom stereocenters. The lowest BCUT2D eigenvalue weighted by atomic mass is 10.1. The highest BCUT2D eigenvalue weighted by Crippen LogP contribution is 2.43. The van der Waals surface area contributed by atoms with Crippen LogP contribution in [0.5, 0.6) is 0 Å². The van der Waals surface area contributed by atoms with Crippen molar-refractivity contribution in [1.29, 1.82) is 0 Å². The molecule has 0 spiro atoms. The van der Waals surface area contributed by atoms with Gasteiger partial charge in [-0.05, 0) is 70.6 Å². The van der Waals surface area contributed by atoms with Crippen molar-refractivity contribution >= 4 is 25.7 Å². The molecule has 0 aliphatic rings. The Kier molecular flexibility index (Phi) is 45.5. The molecule has 374 valence electrons. The first kappa shape index (κ1) is 61.7. The molecule has 0 saturated carbocycles. The van der Waals surface area contributed by atoms with Gasteiger partial charge in [-0.3, -0.25) is 23.4 Å². The summed E-state index contributed by atoms with van der Waals surface area (Å²) in [4.78, 5) is 48.2. The number of unbranched alkanes of at least 4 members (excludes halogenated alkanes) is 25. The Morgan fingerprint density at radius 1 is 0.438 bits per heavy atom. The van der Waals surface area contributed by atoms with Crippen LogP contribution in [0.15, 0.2) is 36.5 Å². The van der Waals surface area contributed by atoms with Gasteiger partial charge < -0.3 is 24.2 Å². The predicted molar refractivity (Wildman–Crippen MR) is 261 cm³/mol. The average molecular weight is 927 g/mol. The lowest BCUT2D eigenvalue weighted by Crippen LogP contribution is -2.30. The molecule has 0 heterocycles. The number of ether oxygens (including phenoxy) is 3. The van der Waals surface area contributed by atoms with E-state index in [9.17, 15) is 28.9 Å². The van der Waals surface area contributed by atoms with Gasteiger partial charge in [0.05, 0.1) is 19.8 Å². The van der Waals surface area contributed by atoms with Crippen molar-refractivity contribution in [3.63, 3.8) is 0 Å². The first-order valence-electron chi connectivity index (χ1n) is 25.9. The number of phosphoric ester groups is 1. The van der Waals surface area contributed by atoms with Crippen LogP contribution in [0.25, 0.3) is 0 Å². The monoisotopic (exact) mass is 927 g/mol. The van der Waals surface area contributed by atoms with Gasteiger partial charge in [0.1, 0.15) is 12.7 Å². The highest BCUT2D eigenvalue weighted by molar-refractivity contribution is 7.47. The van der Waals surface area contributed by atoms with E-state index in [1.54, 1.807) is 0 Å². The molecule has 11 nitrogen and oxygen atoms in total. The van der Waals surface area contributed by atoms with Crippen LogP contribution in [-0.2, 0) is 42.2 Å². The van der Waals surface area contributed by atoms with Gasteiger partial charge >= 0.3 is 25.7 Å². The van der Waals surface area contributed by atoms with E-state index < -0.39 is 57.8 Å². The van der Waals surface area contributed by atoms with E-state index >= 15 is 0 Å². The molecule has 0 bridgehead atoms. The number of phosphoric acid groups is 1. The van der Waals surface area contributed by atoms with Crippen LogP contribution in [0, 0.1) is 0 Å². The number of allylic oxidation sites excluding steroid dienone is 6. The standard InChI is InChI=1S/C52H95O11P/c1-4-7-10-13-16-19-22-24-27-29-32-35-38-41-50(54)59-45-49(63-52(56)43-40-37-34-31-28-25-23-20-17-14-11-8-5-2)47-61-64(57,58)60-46-48(44-53)62-51(55)42-39-36-33-30-26-21-18-15-12-9-6-3/h11,14,19-20,22-23,48-49,53H,4-10,12-13,15-18,21,24-47H2,1-3H3,(H,57,58)/b14-11-,22-19-,23-20-. The lowest BCUT2D eigenvalue weighted by molar-refractivity contribution is -0.161. The third kappa shape index (κ3) is 44.9. The van der Waals surface area contributed by atoms with Crippen molar-refractivity contribution in [2.24, 2.45) is 0 Å². The highest BCUT2D eigenvalue weighted by Gasteiger charge is 2.28. The van der Waals surface area contributed by atoms with Crippen LogP contribution in [0.3, 0.4) is 0 Å². The molecular formula is C52H95O11P. The maximum Gasteiger partial charge on any atom is 0.472 e. The SMILES string of the molecule is CCC/C=C\C/C=C\CCCCCCCC(=O)OC(COC(=O)CCCCCCC/C=C\CCCCCC)COP(=O)(O)OCC(CO)OC(=O)CCCCCCCCCCCCC. The Bertz CT molecular complexity index is 1220. The molecule has 0 aromatic carbocycles. The minimum Gasteiger partial charge on any atom is -0.462 e. The van der Waals surface area contributed by atoms with E-state index in [1.165, 1.54) is 70.6 Å². The average Bonchev–Trinajstić information content (AvgIpc) is 3.28.